The quantitative estimate of drug-likeness (QED) is 0.644. The van der Waals surface area contributed by atoms with Crippen LogP contribution in [-0.2, 0) is 0 Å². The summed E-state index contributed by atoms with van der Waals surface area (Å²) in [5, 5.41) is 20.4. The molecule has 0 atom stereocenters. The van der Waals surface area contributed by atoms with Crippen molar-refractivity contribution in [3.05, 3.63) is 39.1 Å². The molecular weight excluding hydrogens is 240 g/mol. The fraction of sp³-hybridized carbons (Fsp3) is 0.100. The number of nitro groups is 1. The van der Waals surface area contributed by atoms with Crippen LogP contribution in [0.5, 0.6) is 0 Å². The first-order valence-electron chi connectivity index (χ1n) is 4.82. The molecule has 2 aromatic rings. The largest absolute Gasteiger partial charge is 0.373 e. The van der Waals surface area contributed by atoms with Crippen LogP contribution in [0.15, 0.2) is 29.0 Å². The van der Waals surface area contributed by atoms with Gasteiger partial charge in [0.25, 0.3) is 5.69 Å². The maximum Gasteiger partial charge on any atom is 0.276 e. The smallest absolute Gasteiger partial charge is 0.276 e. The first kappa shape index (κ1) is 11.3. The molecule has 2 heterocycles. The van der Waals surface area contributed by atoms with E-state index in [0.717, 1.165) is 5.69 Å². The second kappa shape index (κ2) is 4.79. The highest BCUT2D eigenvalue weighted by Gasteiger charge is 2.10. The van der Waals surface area contributed by atoms with Gasteiger partial charge in [0.15, 0.2) is 0 Å². The van der Waals surface area contributed by atoms with Crippen molar-refractivity contribution in [3.8, 4) is 0 Å². The van der Waals surface area contributed by atoms with E-state index < -0.39 is 4.92 Å². The van der Waals surface area contributed by atoms with Crippen molar-refractivity contribution in [2.75, 3.05) is 17.7 Å². The van der Waals surface area contributed by atoms with Crippen molar-refractivity contribution in [2.24, 2.45) is 0 Å². The number of nitrogens with zero attached hydrogens (tertiary/aromatic N) is 2. The standard InChI is InChI=1S/C10H10N4O2S/c1-11-9-4-8(14(15)16)5-10(13-9)12-7-2-3-17-6-7/h2-6H,1H3,(H2,11,12,13). The number of thiophene rings is 1. The van der Waals surface area contributed by atoms with E-state index in [1.807, 2.05) is 16.8 Å². The molecule has 0 aliphatic heterocycles. The average Bonchev–Trinajstić information content (AvgIpc) is 2.81. The Morgan fingerprint density at radius 2 is 2.18 bits per heavy atom. The van der Waals surface area contributed by atoms with Gasteiger partial charge in [-0.1, -0.05) is 0 Å². The molecule has 6 nitrogen and oxygen atoms in total. The summed E-state index contributed by atoms with van der Waals surface area (Å²) >= 11 is 1.54. The number of pyridine rings is 1. The minimum absolute atomic E-state index is 0.00193. The van der Waals surface area contributed by atoms with Crippen LogP contribution in [0, 0.1) is 10.1 Å². The molecule has 0 radical (unpaired) electrons. The summed E-state index contributed by atoms with van der Waals surface area (Å²) in [6.45, 7) is 0. The zero-order valence-corrected chi connectivity index (χ0v) is 9.82. The summed E-state index contributed by atoms with van der Waals surface area (Å²) in [5.41, 5.74) is 0.868. The van der Waals surface area contributed by atoms with Gasteiger partial charge in [-0.2, -0.15) is 11.3 Å². The van der Waals surface area contributed by atoms with E-state index >= 15 is 0 Å². The SMILES string of the molecule is CNc1cc([N+](=O)[O-])cc(Nc2ccsc2)n1. The maximum absolute atomic E-state index is 10.7. The summed E-state index contributed by atoms with van der Waals surface area (Å²) in [4.78, 5) is 14.5. The van der Waals surface area contributed by atoms with Crippen LogP contribution in [0.1, 0.15) is 0 Å². The molecule has 0 unspecified atom stereocenters. The van der Waals surface area contributed by atoms with Crippen LogP contribution >= 0.6 is 11.3 Å². The predicted octanol–water partition coefficient (Wildman–Crippen LogP) is 2.84. The molecule has 0 saturated carbocycles. The van der Waals surface area contributed by atoms with Gasteiger partial charge in [0.1, 0.15) is 11.6 Å². The molecular formula is C10H10N4O2S. The highest BCUT2D eigenvalue weighted by Crippen LogP contribution is 2.24. The lowest BCUT2D eigenvalue weighted by Crippen LogP contribution is -1.99. The van der Waals surface area contributed by atoms with Gasteiger partial charge < -0.3 is 10.6 Å². The number of hydrogen-bond acceptors (Lipinski definition) is 6. The predicted molar refractivity (Wildman–Crippen MR) is 68.0 cm³/mol. The van der Waals surface area contributed by atoms with Gasteiger partial charge in [0.2, 0.25) is 0 Å². The van der Waals surface area contributed by atoms with E-state index in [0.29, 0.717) is 11.6 Å². The first-order chi connectivity index (χ1) is 8.19. The Morgan fingerprint density at radius 3 is 2.76 bits per heavy atom. The Hall–Kier alpha value is -2.15. The number of nitrogens with one attached hydrogen (secondary N) is 2. The monoisotopic (exact) mass is 250 g/mol. The highest BCUT2D eigenvalue weighted by atomic mass is 32.1. The molecule has 0 amide bonds. The van der Waals surface area contributed by atoms with Gasteiger partial charge in [-0.05, 0) is 11.4 Å². The highest BCUT2D eigenvalue weighted by molar-refractivity contribution is 7.08. The Bertz CT molecular complexity index is 527. The van der Waals surface area contributed by atoms with Crippen LogP contribution in [0.25, 0.3) is 0 Å². The summed E-state index contributed by atoms with van der Waals surface area (Å²) in [6, 6.07) is 4.67. The van der Waals surface area contributed by atoms with Gasteiger partial charge in [0.05, 0.1) is 22.7 Å². The van der Waals surface area contributed by atoms with Crippen molar-refractivity contribution >= 4 is 34.3 Å². The van der Waals surface area contributed by atoms with Crippen molar-refractivity contribution in [1.82, 2.24) is 4.98 Å². The van der Waals surface area contributed by atoms with Crippen LogP contribution < -0.4 is 10.6 Å². The van der Waals surface area contributed by atoms with E-state index in [2.05, 4.69) is 15.6 Å². The Kier molecular flexibility index (Phi) is 3.20. The Morgan fingerprint density at radius 1 is 1.41 bits per heavy atom. The molecule has 0 bridgehead atoms. The van der Waals surface area contributed by atoms with Crippen molar-refractivity contribution in [2.45, 2.75) is 0 Å². The zero-order valence-electron chi connectivity index (χ0n) is 9.01. The summed E-state index contributed by atoms with van der Waals surface area (Å²) < 4.78 is 0. The van der Waals surface area contributed by atoms with Crippen molar-refractivity contribution in [1.29, 1.82) is 0 Å². The van der Waals surface area contributed by atoms with Gasteiger partial charge in [0, 0.05) is 12.4 Å². The molecule has 7 heteroatoms. The van der Waals surface area contributed by atoms with E-state index in [9.17, 15) is 10.1 Å². The van der Waals surface area contributed by atoms with Crippen LogP contribution in [0.4, 0.5) is 23.0 Å². The number of aromatic nitrogens is 1. The van der Waals surface area contributed by atoms with Gasteiger partial charge in [-0.15, -0.1) is 0 Å². The molecule has 88 valence electrons. The molecule has 0 fully saturated rings. The molecule has 0 aromatic carbocycles. The summed E-state index contributed by atoms with van der Waals surface area (Å²) in [7, 11) is 1.67. The third-order valence-electron chi connectivity index (χ3n) is 2.07. The Labute approximate surface area is 101 Å². The lowest BCUT2D eigenvalue weighted by atomic mass is 10.3. The molecule has 0 saturated heterocycles. The maximum atomic E-state index is 10.7. The minimum Gasteiger partial charge on any atom is -0.373 e. The molecule has 0 aliphatic carbocycles. The molecule has 0 aliphatic rings. The van der Waals surface area contributed by atoms with Crippen molar-refractivity contribution in [3.63, 3.8) is 0 Å². The van der Waals surface area contributed by atoms with Crippen LogP contribution in [0.2, 0.25) is 0 Å². The van der Waals surface area contributed by atoms with E-state index in [-0.39, 0.29) is 5.69 Å². The van der Waals surface area contributed by atoms with Gasteiger partial charge in [-0.25, -0.2) is 4.98 Å². The molecule has 0 spiro atoms. The third-order valence-corrected chi connectivity index (χ3v) is 2.75. The topological polar surface area (TPSA) is 80.1 Å². The average molecular weight is 250 g/mol. The number of rotatable bonds is 4. The summed E-state index contributed by atoms with van der Waals surface area (Å²) in [6.07, 6.45) is 0. The normalized spacial score (nSPS) is 9.94. The second-order valence-electron chi connectivity index (χ2n) is 3.24. The molecule has 2 aromatic heterocycles. The van der Waals surface area contributed by atoms with E-state index in [4.69, 9.17) is 0 Å². The lowest BCUT2D eigenvalue weighted by molar-refractivity contribution is -0.384. The summed E-state index contributed by atoms with van der Waals surface area (Å²) in [5.74, 6) is 0.902. The minimum atomic E-state index is -0.443. The third kappa shape index (κ3) is 2.70. The Balaban J connectivity index is 2.33. The van der Waals surface area contributed by atoms with Crippen LogP contribution in [0.3, 0.4) is 0 Å². The fourth-order valence-corrected chi connectivity index (χ4v) is 1.88. The molecule has 2 rings (SSSR count). The fourth-order valence-electron chi connectivity index (χ4n) is 1.30. The number of hydrogen-bond donors (Lipinski definition) is 2. The van der Waals surface area contributed by atoms with Gasteiger partial charge in [-0.3, -0.25) is 10.1 Å². The van der Waals surface area contributed by atoms with Crippen molar-refractivity contribution < 1.29 is 4.92 Å². The van der Waals surface area contributed by atoms with Gasteiger partial charge >= 0.3 is 0 Å². The van der Waals surface area contributed by atoms with Crippen LogP contribution in [-0.4, -0.2) is 17.0 Å². The first-order valence-corrected chi connectivity index (χ1v) is 5.77. The zero-order chi connectivity index (χ0) is 12.3. The molecule has 2 N–H and O–H groups in total. The molecule has 17 heavy (non-hydrogen) atoms. The second-order valence-corrected chi connectivity index (χ2v) is 4.02. The lowest BCUT2D eigenvalue weighted by Gasteiger charge is -2.05. The van der Waals surface area contributed by atoms with E-state index in [1.165, 1.54) is 23.5 Å². The number of anilines is 3. The van der Waals surface area contributed by atoms with E-state index in [1.54, 1.807) is 7.05 Å².